The molecule has 2 aliphatic rings. The summed E-state index contributed by atoms with van der Waals surface area (Å²) in [5, 5.41) is 2.80. The fourth-order valence-electron chi connectivity index (χ4n) is 4.68. The van der Waals surface area contributed by atoms with Crippen molar-refractivity contribution >= 4 is 21.8 Å². The Morgan fingerprint density at radius 3 is 2.35 bits per heavy atom. The Kier molecular flexibility index (Phi) is 7.63. The summed E-state index contributed by atoms with van der Waals surface area (Å²) in [5.41, 5.74) is 2.43. The Hall–Kier alpha value is -2.78. The smallest absolute Gasteiger partial charge is 0.242 e. The predicted molar refractivity (Wildman–Crippen MR) is 126 cm³/mol. The molecule has 0 radical (unpaired) electrons. The van der Waals surface area contributed by atoms with Gasteiger partial charge in [-0.15, -0.1) is 0 Å². The molecule has 0 spiro atoms. The van der Waals surface area contributed by atoms with Gasteiger partial charge in [-0.05, 0) is 73.4 Å². The molecule has 4 rings (SSSR count). The van der Waals surface area contributed by atoms with E-state index in [9.17, 15) is 22.4 Å². The summed E-state index contributed by atoms with van der Waals surface area (Å²) < 4.78 is 40.4. The Morgan fingerprint density at radius 2 is 1.65 bits per heavy atom. The first-order valence-corrected chi connectivity index (χ1v) is 13.2. The fourth-order valence-corrected chi connectivity index (χ4v) is 5.80. The lowest BCUT2D eigenvalue weighted by atomic mass is 9.81. The number of hydrogen-bond acceptors (Lipinski definition) is 4. The quantitative estimate of drug-likeness (QED) is 0.628. The highest BCUT2D eigenvalue weighted by atomic mass is 32.2. The average molecular weight is 488 g/mol. The van der Waals surface area contributed by atoms with Gasteiger partial charge in [0, 0.05) is 25.6 Å². The number of amides is 2. The summed E-state index contributed by atoms with van der Waals surface area (Å²) >= 11 is 0. The molecule has 0 aromatic heterocycles. The number of nitrogens with one attached hydrogen (secondary N) is 2. The number of halogens is 1. The lowest BCUT2D eigenvalue weighted by Gasteiger charge is -2.30. The highest BCUT2D eigenvalue weighted by Crippen LogP contribution is 2.29. The standard InChI is InChI=1S/C25H30FN3O4S/c26-22-9-11-23(12-10-22)34(32,33)28-15-18-5-7-20(8-6-18)25(31)27-16-24(30)29-14-13-19-3-1-2-4-21(19)17-29/h1-4,9-12,18,20,28H,5-8,13-17H2,(H,27,31). The molecule has 0 bridgehead atoms. The van der Waals surface area contributed by atoms with Gasteiger partial charge in [0.05, 0.1) is 11.4 Å². The fraction of sp³-hybridized carbons (Fsp3) is 0.440. The van der Waals surface area contributed by atoms with Crippen molar-refractivity contribution in [2.45, 2.75) is 43.5 Å². The second-order valence-electron chi connectivity index (χ2n) is 9.08. The third-order valence-corrected chi connectivity index (χ3v) is 8.24. The topological polar surface area (TPSA) is 95.6 Å². The van der Waals surface area contributed by atoms with E-state index >= 15 is 0 Å². The summed E-state index contributed by atoms with van der Waals surface area (Å²) in [6, 6.07) is 12.8. The second kappa shape index (κ2) is 10.7. The van der Waals surface area contributed by atoms with E-state index in [4.69, 9.17) is 0 Å². The van der Waals surface area contributed by atoms with Crippen LogP contribution >= 0.6 is 0 Å². The zero-order chi connectivity index (χ0) is 24.1. The largest absolute Gasteiger partial charge is 0.347 e. The van der Waals surface area contributed by atoms with Crippen LogP contribution in [0.2, 0.25) is 0 Å². The molecule has 34 heavy (non-hydrogen) atoms. The van der Waals surface area contributed by atoms with Crippen molar-refractivity contribution in [2.24, 2.45) is 11.8 Å². The molecule has 0 saturated heterocycles. The zero-order valence-electron chi connectivity index (χ0n) is 19.0. The van der Waals surface area contributed by atoms with Gasteiger partial charge in [0.15, 0.2) is 0 Å². The molecule has 1 aliphatic heterocycles. The molecular weight excluding hydrogens is 457 g/mol. The summed E-state index contributed by atoms with van der Waals surface area (Å²) in [5.74, 6) is -0.712. The van der Waals surface area contributed by atoms with E-state index in [-0.39, 0.29) is 41.6 Å². The maximum absolute atomic E-state index is 13.0. The number of fused-ring (bicyclic) bond motifs is 1. The summed E-state index contributed by atoms with van der Waals surface area (Å²) in [6.45, 7) is 1.51. The highest BCUT2D eigenvalue weighted by molar-refractivity contribution is 7.89. The molecule has 2 aromatic carbocycles. The molecule has 1 fully saturated rings. The summed E-state index contributed by atoms with van der Waals surface area (Å²) in [7, 11) is -3.69. The molecule has 1 heterocycles. The number of nitrogens with zero attached hydrogens (tertiary/aromatic N) is 1. The van der Waals surface area contributed by atoms with Crippen molar-refractivity contribution in [3.8, 4) is 0 Å². The minimum atomic E-state index is -3.69. The Bertz CT molecular complexity index is 1130. The normalized spacial score (nSPS) is 20.4. The van der Waals surface area contributed by atoms with E-state index in [0.29, 0.717) is 25.9 Å². The number of carbonyl (C=O) groups excluding carboxylic acids is 2. The van der Waals surface area contributed by atoms with Crippen molar-refractivity contribution in [1.29, 1.82) is 0 Å². The number of carbonyl (C=O) groups is 2. The van der Waals surface area contributed by atoms with Crippen LogP contribution in [0, 0.1) is 17.7 Å². The van der Waals surface area contributed by atoms with E-state index in [1.165, 1.54) is 17.7 Å². The number of benzene rings is 2. The van der Waals surface area contributed by atoms with Gasteiger partial charge in [0.1, 0.15) is 5.82 Å². The number of hydrogen-bond donors (Lipinski definition) is 2. The first kappa shape index (κ1) is 24.3. The van der Waals surface area contributed by atoms with Gasteiger partial charge in [-0.2, -0.15) is 0 Å². The molecule has 1 aliphatic carbocycles. The van der Waals surface area contributed by atoms with E-state index in [0.717, 1.165) is 37.0 Å². The van der Waals surface area contributed by atoms with Gasteiger partial charge in [0.2, 0.25) is 21.8 Å². The molecule has 182 valence electrons. The molecule has 9 heteroatoms. The van der Waals surface area contributed by atoms with Crippen molar-refractivity contribution in [2.75, 3.05) is 19.6 Å². The minimum absolute atomic E-state index is 0.00159. The van der Waals surface area contributed by atoms with Crippen LogP contribution in [0.4, 0.5) is 4.39 Å². The molecule has 0 atom stereocenters. The van der Waals surface area contributed by atoms with E-state index < -0.39 is 15.8 Å². The van der Waals surface area contributed by atoms with Crippen molar-refractivity contribution in [3.63, 3.8) is 0 Å². The molecule has 1 saturated carbocycles. The molecule has 7 nitrogen and oxygen atoms in total. The third-order valence-electron chi connectivity index (χ3n) is 6.80. The van der Waals surface area contributed by atoms with E-state index in [1.807, 2.05) is 18.2 Å². The molecule has 2 aromatic rings. The van der Waals surface area contributed by atoms with Crippen LogP contribution in [-0.2, 0) is 32.6 Å². The predicted octanol–water partition coefficient (Wildman–Crippen LogP) is 2.61. The van der Waals surface area contributed by atoms with Crippen molar-refractivity contribution in [3.05, 3.63) is 65.5 Å². The summed E-state index contributed by atoms with van der Waals surface area (Å²) in [4.78, 5) is 27.0. The van der Waals surface area contributed by atoms with Crippen LogP contribution in [-0.4, -0.2) is 44.8 Å². The lowest BCUT2D eigenvalue weighted by molar-refractivity contribution is -0.135. The SMILES string of the molecule is O=C(NCC(=O)N1CCc2ccccc2C1)C1CCC(CNS(=O)(=O)c2ccc(F)cc2)CC1. The monoisotopic (exact) mass is 487 g/mol. The van der Waals surface area contributed by atoms with Crippen LogP contribution in [0.1, 0.15) is 36.8 Å². The van der Waals surface area contributed by atoms with Crippen LogP contribution in [0.15, 0.2) is 53.4 Å². The Morgan fingerprint density at radius 1 is 0.971 bits per heavy atom. The molecular formula is C25H30FN3O4S. The van der Waals surface area contributed by atoms with Crippen LogP contribution in [0.25, 0.3) is 0 Å². The van der Waals surface area contributed by atoms with Crippen LogP contribution in [0.3, 0.4) is 0 Å². The van der Waals surface area contributed by atoms with E-state index in [1.54, 1.807) is 4.90 Å². The third kappa shape index (κ3) is 6.01. The Balaban J connectivity index is 1.18. The number of rotatable bonds is 7. The summed E-state index contributed by atoms with van der Waals surface area (Å²) in [6.07, 6.45) is 3.58. The van der Waals surface area contributed by atoms with E-state index in [2.05, 4.69) is 16.1 Å². The number of sulfonamides is 1. The van der Waals surface area contributed by atoms with Gasteiger partial charge < -0.3 is 10.2 Å². The van der Waals surface area contributed by atoms with Gasteiger partial charge in [0.25, 0.3) is 0 Å². The maximum Gasteiger partial charge on any atom is 0.242 e. The van der Waals surface area contributed by atoms with Crippen molar-refractivity contribution < 1.29 is 22.4 Å². The van der Waals surface area contributed by atoms with Gasteiger partial charge in [-0.25, -0.2) is 17.5 Å². The highest BCUT2D eigenvalue weighted by Gasteiger charge is 2.28. The second-order valence-corrected chi connectivity index (χ2v) is 10.8. The van der Waals surface area contributed by atoms with Crippen LogP contribution < -0.4 is 10.0 Å². The van der Waals surface area contributed by atoms with Crippen molar-refractivity contribution in [1.82, 2.24) is 14.9 Å². The minimum Gasteiger partial charge on any atom is -0.347 e. The Labute approximate surface area is 199 Å². The molecule has 2 amide bonds. The first-order valence-electron chi connectivity index (χ1n) is 11.7. The maximum atomic E-state index is 13.0. The van der Waals surface area contributed by atoms with Gasteiger partial charge >= 0.3 is 0 Å². The van der Waals surface area contributed by atoms with Crippen LogP contribution in [0.5, 0.6) is 0 Å². The first-order chi connectivity index (χ1) is 16.3. The molecule has 0 unspecified atom stereocenters. The zero-order valence-corrected chi connectivity index (χ0v) is 19.8. The van der Waals surface area contributed by atoms with Gasteiger partial charge in [-0.3, -0.25) is 9.59 Å². The van der Waals surface area contributed by atoms with Gasteiger partial charge in [-0.1, -0.05) is 24.3 Å². The molecule has 2 N–H and O–H groups in total. The lowest BCUT2D eigenvalue weighted by Crippen LogP contribution is -2.44. The average Bonchev–Trinajstić information content (AvgIpc) is 2.86.